The second-order valence-electron chi connectivity index (χ2n) is 5.67. The molecule has 0 atom stereocenters. The molecule has 0 unspecified atom stereocenters. The van der Waals surface area contributed by atoms with Gasteiger partial charge in [0.1, 0.15) is 5.75 Å². The maximum atomic E-state index is 12.4. The van der Waals surface area contributed by atoms with Crippen LogP contribution < -0.4 is 18.9 Å². The molecule has 0 amide bonds. The Kier molecular flexibility index (Phi) is 7.65. The van der Waals surface area contributed by atoms with Crippen LogP contribution in [0.5, 0.6) is 17.2 Å². The molecule has 2 aromatic carbocycles. The van der Waals surface area contributed by atoms with Gasteiger partial charge in [-0.1, -0.05) is 6.07 Å². The Labute approximate surface area is 164 Å². The van der Waals surface area contributed by atoms with E-state index in [1.807, 2.05) is 6.07 Å². The Balaban J connectivity index is 1.93. The van der Waals surface area contributed by atoms with Crippen LogP contribution >= 0.6 is 0 Å². The van der Waals surface area contributed by atoms with Gasteiger partial charge in [-0.2, -0.15) is 0 Å². The summed E-state index contributed by atoms with van der Waals surface area (Å²) in [5.41, 5.74) is 0.909. The number of esters is 1. The van der Waals surface area contributed by atoms with Crippen LogP contribution in [0.15, 0.2) is 47.4 Å². The predicted molar refractivity (Wildman–Crippen MR) is 102 cm³/mol. The molecule has 0 aromatic heterocycles. The third-order valence-corrected chi connectivity index (χ3v) is 5.35. The van der Waals surface area contributed by atoms with E-state index in [0.29, 0.717) is 23.7 Å². The smallest absolute Gasteiger partial charge is 0.343 e. The molecule has 0 heterocycles. The van der Waals surface area contributed by atoms with Gasteiger partial charge in [-0.25, -0.2) is 17.9 Å². The Morgan fingerprint density at radius 1 is 0.964 bits per heavy atom. The van der Waals surface area contributed by atoms with Gasteiger partial charge in [0, 0.05) is 6.54 Å². The molecule has 0 aliphatic rings. The molecule has 0 aliphatic carbocycles. The van der Waals surface area contributed by atoms with E-state index in [0.717, 1.165) is 5.56 Å². The van der Waals surface area contributed by atoms with Crippen LogP contribution in [0, 0.1) is 0 Å². The highest BCUT2D eigenvalue weighted by atomic mass is 32.2. The third-order valence-electron chi connectivity index (χ3n) is 3.87. The Morgan fingerprint density at radius 2 is 1.64 bits per heavy atom. The van der Waals surface area contributed by atoms with Crippen LogP contribution in [0.2, 0.25) is 0 Å². The van der Waals surface area contributed by atoms with E-state index in [1.54, 1.807) is 26.4 Å². The number of sulfonamides is 1. The first kappa shape index (κ1) is 21.5. The first-order valence-electron chi connectivity index (χ1n) is 8.40. The van der Waals surface area contributed by atoms with Crippen LogP contribution in [0.25, 0.3) is 0 Å². The van der Waals surface area contributed by atoms with E-state index in [-0.39, 0.29) is 18.0 Å². The van der Waals surface area contributed by atoms with E-state index >= 15 is 0 Å². The number of hydrogen-bond acceptors (Lipinski definition) is 7. The quantitative estimate of drug-likeness (QED) is 0.597. The van der Waals surface area contributed by atoms with Crippen molar-refractivity contribution in [2.45, 2.75) is 11.3 Å². The normalized spacial score (nSPS) is 11.0. The van der Waals surface area contributed by atoms with Crippen LogP contribution in [0.3, 0.4) is 0 Å². The summed E-state index contributed by atoms with van der Waals surface area (Å²) in [4.78, 5) is 11.2. The molecule has 2 aromatic rings. The summed E-state index contributed by atoms with van der Waals surface area (Å²) in [5.74, 6) is 1.05. The zero-order valence-corrected chi connectivity index (χ0v) is 16.7. The van der Waals surface area contributed by atoms with Crippen LogP contribution in [0.1, 0.15) is 5.56 Å². The second-order valence-corrected chi connectivity index (χ2v) is 7.44. The topological polar surface area (TPSA) is 100 Å². The number of ether oxygens (including phenoxy) is 4. The number of carbonyl (C=O) groups excluding carboxylic acids is 1. The summed E-state index contributed by atoms with van der Waals surface area (Å²) < 4.78 is 47.4. The number of nitrogens with one attached hydrogen (secondary N) is 1. The van der Waals surface area contributed by atoms with Gasteiger partial charge in [0.25, 0.3) is 0 Å². The molecule has 1 N–H and O–H groups in total. The minimum Gasteiger partial charge on any atom is -0.493 e. The molecule has 0 saturated carbocycles. The molecule has 0 spiro atoms. The molecule has 9 heteroatoms. The predicted octanol–water partition coefficient (Wildman–Crippen LogP) is 1.78. The lowest BCUT2D eigenvalue weighted by molar-refractivity contribution is -0.142. The Hall–Kier alpha value is -2.78. The van der Waals surface area contributed by atoms with Gasteiger partial charge in [0.05, 0.1) is 26.2 Å². The van der Waals surface area contributed by atoms with Gasteiger partial charge in [-0.05, 0) is 48.4 Å². The molecule has 2 rings (SSSR count). The molecule has 0 bridgehead atoms. The van der Waals surface area contributed by atoms with Gasteiger partial charge < -0.3 is 18.9 Å². The van der Waals surface area contributed by atoms with E-state index < -0.39 is 16.0 Å². The number of methoxy groups -OCH3 is 3. The molecule has 0 aliphatic heterocycles. The van der Waals surface area contributed by atoms with Crippen molar-refractivity contribution in [2.24, 2.45) is 0 Å². The molecule has 152 valence electrons. The SMILES string of the molecule is COC(=O)COc1ccc(S(=O)(=O)NCCc2ccc(OC)c(OC)c2)cc1. The highest BCUT2D eigenvalue weighted by Gasteiger charge is 2.14. The monoisotopic (exact) mass is 409 g/mol. The van der Waals surface area contributed by atoms with Gasteiger partial charge in [-0.15, -0.1) is 0 Å². The zero-order chi connectivity index (χ0) is 20.6. The fourth-order valence-corrected chi connectivity index (χ4v) is 3.40. The standard InChI is InChI=1S/C19H23NO7S/c1-24-17-9-4-14(12-18(17)25-2)10-11-20-28(22,23)16-7-5-15(6-8-16)27-13-19(21)26-3/h4-9,12,20H,10-11,13H2,1-3H3. The van der Waals surface area contributed by atoms with Crippen LogP contribution in [0.4, 0.5) is 0 Å². The van der Waals surface area contributed by atoms with E-state index in [1.165, 1.54) is 31.4 Å². The van der Waals surface area contributed by atoms with Gasteiger partial charge in [0.15, 0.2) is 18.1 Å². The van der Waals surface area contributed by atoms with Gasteiger partial charge >= 0.3 is 5.97 Å². The molecular weight excluding hydrogens is 386 g/mol. The van der Waals surface area contributed by atoms with Crippen molar-refractivity contribution in [3.05, 3.63) is 48.0 Å². The van der Waals surface area contributed by atoms with Crippen molar-refractivity contribution in [1.29, 1.82) is 0 Å². The lowest BCUT2D eigenvalue weighted by Gasteiger charge is -2.11. The molecule has 0 radical (unpaired) electrons. The second kappa shape index (κ2) is 9.95. The number of rotatable bonds is 10. The van der Waals surface area contributed by atoms with Gasteiger partial charge in [-0.3, -0.25) is 0 Å². The van der Waals surface area contributed by atoms with Crippen molar-refractivity contribution in [3.63, 3.8) is 0 Å². The Morgan fingerprint density at radius 3 is 2.25 bits per heavy atom. The molecule has 0 saturated heterocycles. The summed E-state index contributed by atoms with van der Waals surface area (Å²) in [7, 11) is 0.692. The lowest BCUT2D eigenvalue weighted by Crippen LogP contribution is -2.26. The fraction of sp³-hybridized carbons (Fsp3) is 0.316. The van der Waals surface area contributed by atoms with Crippen molar-refractivity contribution in [1.82, 2.24) is 4.72 Å². The van der Waals surface area contributed by atoms with Crippen molar-refractivity contribution in [3.8, 4) is 17.2 Å². The summed E-state index contributed by atoms with van der Waals surface area (Å²) in [5, 5.41) is 0. The van der Waals surface area contributed by atoms with E-state index in [9.17, 15) is 13.2 Å². The van der Waals surface area contributed by atoms with Crippen molar-refractivity contribution in [2.75, 3.05) is 34.5 Å². The van der Waals surface area contributed by atoms with Gasteiger partial charge in [0.2, 0.25) is 10.0 Å². The van der Waals surface area contributed by atoms with E-state index in [2.05, 4.69) is 9.46 Å². The Bertz CT molecular complexity index is 895. The first-order valence-corrected chi connectivity index (χ1v) is 9.88. The summed E-state index contributed by atoms with van der Waals surface area (Å²) in [6.45, 7) is -0.0232. The number of hydrogen-bond donors (Lipinski definition) is 1. The highest BCUT2D eigenvalue weighted by molar-refractivity contribution is 7.89. The zero-order valence-electron chi connectivity index (χ0n) is 15.9. The number of benzene rings is 2. The van der Waals surface area contributed by atoms with E-state index in [4.69, 9.17) is 14.2 Å². The maximum Gasteiger partial charge on any atom is 0.343 e. The molecule has 8 nitrogen and oxygen atoms in total. The van der Waals surface area contributed by atoms with Crippen LogP contribution in [-0.4, -0.2) is 48.9 Å². The first-order chi connectivity index (χ1) is 13.4. The average Bonchev–Trinajstić information content (AvgIpc) is 2.72. The lowest BCUT2D eigenvalue weighted by atomic mass is 10.1. The van der Waals surface area contributed by atoms with Crippen LogP contribution in [-0.2, 0) is 26.0 Å². The average molecular weight is 409 g/mol. The fourth-order valence-electron chi connectivity index (χ4n) is 2.37. The summed E-state index contributed by atoms with van der Waals surface area (Å²) >= 11 is 0. The largest absolute Gasteiger partial charge is 0.493 e. The highest BCUT2D eigenvalue weighted by Crippen LogP contribution is 2.27. The van der Waals surface area contributed by atoms with Crippen molar-refractivity contribution < 1.29 is 32.2 Å². The molecular formula is C19H23NO7S. The summed E-state index contributed by atoms with van der Waals surface area (Å²) in [6.07, 6.45) is 0.486. The van der Waals surface area contributed by atoms with Crippen molar-refractivity contribution >= 4 is 16.0 Å². The number of carbonyl (C=O) groups is 1. The molecule has 0 fully saturated rings. The summed E-state index contributed by atoms with van der Waals surface area (Å²) in [6, 6.07) is 11.2. The minimum absolute atomic E-state index is 0.102. The minimum atomic E-state index is -3.66. The maximum absolute atomic E-state index is 12.4. The third kappa shape index (κ3) is 5.86. The molecule has 28 heavy (non-hydrogen) atoms.